The van der Waals surface area contributed by atoms with Gasteiger partial charge < -0.3 is 15.2 Å². The van der Waals surface area contributed by atoms with Gasteiger partial charge in [0.15, 0.2) is 5.96 Å². The normalized spacial score (nSPS) is 15.2. The van der Waals surface area contributed by atoms with E-state index in [-0.39, 0.29) is 24.0 Å². The van der Waals surface area contributed by atoms with Crippen molar-refractivity contribution < 1.29 is 0 Å². The van der Waals surface area contributed by atoms with Crippen LogP contribution in [0.3, 0.4) is 0 Å². The van der Waals surface area contributed by atoms with Crippen molar-refractivity contribution in [3.8, 4) is 0 Å². The number of hydrogen-bond donors (Lipinski definition) is 2. The van der Waals surface area contributed by atoms with Gasteiger partial charge in [0.05, 0.1) is 6.33 Å². The lowest BCUT2D eigenvalue weighted by Crippen LogP contribution is -2.42. The van der Waals surface area contributed by atoms with Gasteiger partial charge in [-0.1, -0.05) is 12.2 Å². The summed E-state index contributed by atoms with van der Waals surface area (Å²) in [6, 6.07) is 0.506. The van der Waals surface area contributed by atoms with Crippen LogP contribution in [0.5, 0.6) is 0 Å². The van der Waals surface area contributed by atoms with E-state index in [0.717, 1.165) is 44.9 Å². The highest BCUT2D eigenvalue weighted by atomic mass is 127. The van der Waals surface area contributed by atoms with Gasteiger partial charge in [0, 0.05) is 38.1 Å². The number of nitrogens with one attached hydrogen (secondary N) is 2. The number of guanidine groups is 1. The molecular weight excluding hydrogens is 365 g/mol. The van der Waals surface area contributed by atoms with Gasteiger partial charge in [0.2, 0.25) is 0 Å². The van der Waals surface area contributed by atoms with E-state index in [1.54, 1.807) is 0 Å². The van der Waals surface area contributed by atoms with Crippen LogP contribution in [-0.4, -0.2) is 34.6 Å². The minimum Gasteiger partial charge on any atom is -0.357 e. The molecule has 0 bridgehead atoms. The Morgan fingerprint density at radius 2 is 2.20 bits per heavy atom. The van der Waals surface area contributed by atoms with E-state index in [9.17, 15) is 0 Å². The van der Waals surface area contributed by atoms with Gasteiger partial charge >= 0.3 is 0 Å². The maximum Gasteiger partial charge on any atom is 0.191 e. The van der Waals surface area contributed by atoms with Crippen molar-refractivity contribution in [1.82, 2.24) is 20.2 Å². The largest absolute Gasteiger partial charge is 0.357 e. The number of hydrogen-bond acceptors (Lipinski definition) is 2. The third-order valence-electron chi connectivity index (χ3n) is 3.10. The molecule has 1 aliphatic carbocycles. The highest BCUT2D eigenvalue weighted by molar-refractivity contribution is 14.0. The van der Waals surface area contributed by atoms with E-state index in [0.29, 0.717) is 6.04 Å². The summed E-state index contributed by atoms with van der Waals surface area (Å²) in [5.74, 6) is 0.932. The molecule has 0 aromatic carbocycles. The highest BCUT2D eigenvalue weighted by Crippen LogP contribution is 2.08. The molecule has 0 amide bonds. The molecule has 1 aromatic rings. The lowest BCUT2D eigenvalue weighted by Gasteiger charge is -2.16. The van der Waals surface area contributed by atoms with E-state index in [2.05, 4.69) is 44.3 Å². The Kier molecular flexibility index (Phi) is 8.32. The Balaban J connectivity index is 0.00000200. The predicted molar refractivity (Wildman–Crippen MR) is 93.5 cm³/mol. The quantitative estimate of drug-likeness (QED) is 0.258. The van der Waals surface area contributed by atoms with Crippen LogP contribution in [-0.2, 0) is 6.54 Å². The monoisotopic (exact) mass is 389 g/mol. The maximum atomic E-state index is 4.61. The number of aryl methyl sites for hydroxylation is 1. The van der Waals surface area contributed by atoms with Crippen LogP contribution in [0.15, 0.2) is 35.9 Å². The molecule has 1 aromatic heterocycles. The minimum atomic E-state index is 0. The minimum absolute atomic E-state index is 0. The van der Waals surface area contributed by atoms with Crippen LogP contribution < -0.4 is 10.6 Å². The summed E-state index contributed by atoms with van der Waals surface area (Å²) in [6.45, 7) is 4.78. The summed E-state index contributed by atoms with van der Waals surface area (Å²) in [4.78, 5) is 8.64. The molecule has 1 heterocycles. The number of imidazole rings is 1. The second-order valence-electron chi connectivity index (χ2n) is 4.70. The topological polar surface area (TPSA) is 54.2 Å². The van der Waals surface area contributed by atoms with Gasteiger partial charge in [-0.2, -0.15) is 0 Å². The molecule has 1 aliphatic rings. The molecule has 0 aliphatic heterocycles. The van der Waals surface area contributed by atoms with Crippen molar-refractivity contribution in [3.63, 3.8) is 0 Å². The lowest BCUT2D eigenvalue weighted by molar-refractivity contribution is 0.622. The fourth-order valence-electron chi connectivity index (χ4n) is 2.11. The van der Waals surface area contributed by atoms with Crippen LogP contribution in [0.1, 0.15) is 26.2 Å². The third-order valence-corrected chi connectivity index (χ3v) is 3.10. The van der Waals surface area contributed by atoms with Crippen LogP contribution in [0.4, 0.5) is 0 Å². The Morgan fingerprint density at radius 1 is 1.40 bits per heavy atom. The molecular formula is C14H24IN5. The lowest BCUT2D eigenvalue weighted by atomic mass is 10.2. The Labute approximate surface area is 138 Å². The van der Waals surface area contributed by atoms with E-state index in [4.69, 9.17) is 0 Å². The Bertz CT molecular complexity index is 405. The average Bonchev–Trinajstić information content (AvgIpc) is 3.08. The second kappa shape index (κ2) is 9.79. The standard InChI is InChI=1S/C14H23N5.HI/c1-2-16-14(18-13-6-3-4-7-13)17-8-5-10-19-11-9-15-12-19;/h3-4,9,11-13H,2,5-8,10H2,1H3,(H2,16,17,18);1H. The summed E-state index contributed by atoms with van der Waals surface area (Å²) < 4.78 is 2.08. The second-order valence-corrected chi connectivity index (χ2v) is 4.70. The third kappa shape index (κ3) is 5.94. The summed E-state index contributed by atoms with van der Waals surface area (Å²) in [6.07, 6.45) is 13.3. The summed E-state index contributed by atoms with van der Waals surface area (Å²) in [5, 5.41) is 6.76. The maximum absolute atomic E-state index is 4.61. The molecule has 0 saturated carbocycles. The predicted octanol–water partition coefficient (Wildman–Crippen LogP) is 2.16. The molecule has 20 heavy (non-hydrogen) atoms. The summed E-state index contributed by atoms with van der Waals surface area (Å²) >= 11 is 0. The van der Waals surface area contributed by atoms with Crippen LogP contribution in [0, 0.1) is 0 Å². The van der Waals surface area contributed by atoms with Gasteiger partial charge in [0.1, 0.15) is 0 Å². The first-order valence-corrected chi connectivity index (χ1v) is 7.04. The number of nitrogens with zero attached hydrogens (tertiary/aromatic N) is 3. The van der Waals surface area contributed by atoms with E-state index < -0.39 is 0 Å². The summed E-state index contributed by atoms with van der Waals surface area (Å²) in [7, 11) is 0. The number of aliphatic imine (C=N–C) groups is 1. The SMILES string of the molecule is CCNC(=NCCCn1ccnc1)NC1CC=CC1.I. The molecule has 2 rings (SSSR count). The van der Waals surface area contributed by atoms with E-state index in [1.807, 2.05) is 18.7 Å². The van der Waals surface area contributed by atoms with Crippen LogP contribution in [0.2, 0.25) is 0 Å². The van der Waals surface area contributed by atoms with Crippen molar-refractivity contribution in [2.24, 2.45) is 4.99 Å². The molecule has 0 fully saturated rings. The number of rotatable bonds is 6. The van der Waals surface area contributed by atoms with E-state index >= 15 is 0 Å². The van der Waals surface area contributed by atoms with E-state index in [1.165, 1.54) is 0 Å². The van der Waals surface area contributed by atoms with Gasteiger partial charge in [-0.05, 0) is 26.2 Å². The van der Waals surface area contributed by atoms with Crippen molar-refractivity contribution in [2.75, 3.05) is 13.1 Å². The molecule has 2 N–H and O–H groups in total. The first-order valence-electron chi connectivity index (χ1n) is 7.04. The van der Waals surface area contributed by atoms with Gasteiger partial charge in [-0.15, -0.1) is 24.0 Å². The number of halogens is 1. The zero-order chi connectivity index (χ0) is 13.3. The molecule has 0 atom stereocenters. The van der Waals surface area contributed by atoms with Crippen molar-refractivity contribution >= 4 is 29.9 Å². The Morgan fingerprint density at radius 3 is 2.85 bits per heavy atom. The molecule has 0 radical (unpaired) electrons. The Hall–Kier alpha value is -1.05. The molecule has 0 spiro atoms. The van der Waals surface area contributed by atoms with Gasteiger partial charge in [0.25, 0.3) is 0 Å². The summed E-state index contributed by atoms with van der Waals surface area (Å²) in [5.41, 5.74) is 0. The first-order chi connectivity index (χ1) is 9.38. The fourth-order valence-corrected chi connectivity index (χ4v) is 2.11. The average molecular weight is 389 g/mol. The smallest absolute Gasteiger partial charge is 0.191 e. The first kappa shape index (κ1) is 17.0. The molecule has 6 heteroatoms. The van der Waals surface area contributed by atoms with Crippen LogP contribution in [0.25, 0.3) is 0 Å². The van der Waals surface area contributed by atoms with Crippen molar-refractivity contribution in [2.45, 2.75) is 38.8 Å². The molecule has 0 unspecified atom stereocenters. The van der Waals surface area contributed by atoms with Crippen molar-refractivity contribution in [3.05, 3.63) is 30.9 Å². The molecule has 112 valence electrons. The molecule has 5 nitrogen and oxygen atoms in total. The zero-order valence-electron chi connectivity index (χ0n) is 12.0. The van der Waals surface area contributed by atoms with Gasteiger partial charge in [-0.25, -0.2) is 4.98 Å². The highest BCUT2D eigenvalue weighted by Gasteiger charge is 2.11. The number of aromatic nitrogens is 2. The van der Waals surface area contributed by atoms with Gasteiger partial charge in [-0.3, -0.25) is 4.99 Å². The zero-order valence-corrected chi connectivity index (χ0v) is 14.3. The fraction of sp³-hybridized carbons (Fsp3) is 0.571. The molecule has 0 saturated heterocycles. The van der Waals surface area contributed by atoms with Crippen LogP contribution >= 0.6 is 24.0 Å². The van der Waals surface area contributed by atoms with Crippen molar-refractivity contribution in [1.29, 1.82) is 0 Å².